The number of likely N-dealkylation sites (tertiary alicyclic amines) is 1. The van der Waals surface area contributed by atoms with E-state index in [2.05, 4.69) is 22.5 Å². The second kappa shape index (κ2) is 20.6. The van der Waals surface area contributed by atoms with E-state index in [0.29, 0.717) is 44.0 Å². The molecule has 3 amide bonds. The Morgan fingerprint density at radius 2 is 1.77 bits per heavy atom. The predicted molar refractivity (Wildman–Crippen MR) is 194 cm³/mol. The van der Waals surface area contributed by atoms with Crippen LogP contribution in [0.5, 0.6) is 5.75 Å². The lowest BCUT2D eigenvalue weighted by molar-refractivity contribution is -0.202. The number of nitrogens with one attached hydrogen (secondary N) is 2. The molecule has 1 aromatic carbocycles. The second-order valence-electron chi connectivity index (χ2n) is 14.5. The van der Waals surface area contributed by atoms with E-state index in [4.69, 9.17) is 20.9 Å². The van der Waals surface area contributed by atoms with Gasteiger partial charge >= 0.3 is 0 Å². The first kappa shape index (κ1) is 41.9. The van der Waals surface area contributed by atoms with Crippen LogP contribution in [0.3, 0.4) is 0 Å². The van der Waals surface area contributed by atoms with Crippen LogP contribution in [0.4, 0.5) is 0 Å². The first-order chi connectivity index (χ1) is 25.4. The lowest BCUT2D eigenvalue weighted by Gasteiger charge is -2.39. The van der Waals surface area contributed by atoms with Crippen LogP contribution in [-0.4, -0.2) is 123 Å². The molecule has 2 heterocycles. The van der Waals surface area contributed by atoms with Crippen LogP contribution in [-0.2, 0) is 35.1 Å². The van der Waals surface area contributed by atoms with Crippen LogP contribution in [0.15, 0.2) is 29.3 Å². The summed E-state index contributed by atoms with van der Waals surface area (Å²) in [5, 5.41) is 46.0. The topological polar surface area (TPSA) is 259 Å². The molecule has 0 aromatic heterocycles. The number of amides is 3. The van der Waals surface area contributed by atoms with Gasteiger partial charge in [0, 0.05) is 25.4 Å². The van der Waals surface area contributed by atoms with Gasteiger partial charge in [0.25, 0.3) is 0 Å². The van der Waals surface area contributed by atoms with Crippen molar-refractivity contribution in [2.45, 2.75) is 145 Å². The van der Waals surface area contributed by atoms with Crippen LogP contribution < -0.4 is 22.1 Å². The monoisotopic (exact) mass is 746 g/mol. The number of aliphatic hydroxyl groups is 3. The molecule has 2 saturated heterocycles. The molecule has 10 atom stereocenters. The summed E-state index contributed by atoms with van der Waals surface area (Å²) >= 11 is 0. The summed E-state index contributed by atoms with van der Waals surface area (Å²) in [6.45, 7) is 1.88. The highest BCUT2D eigenvalue weighted by Crippen LogP contribution is 2.42. The molecule has 2 aliphatic heterocycles. The normalized spacial score (nSPS) is 27.7. The van der Waals surface area contributed by atoms with E-state index in [1.807, 2.05) is 0 Å². The Bertz CT molecular complexity index is 1380. The number of hydrogen-bond donors (Lipinski definition) is 8. The smallest absolute Gasteiger partial charge is 0.246 e. The van der Waals surface area contributed by atoms with Crippen molar-refractivity contribution in [2.75, 3.05) is 13.2 Å². The predicted octanol–water partition coefficient (Wildman–Crippen LogP) is 0.111. The quantitative estimate of drug-likeness (QED) is 0.0383. The summed E-state index contributed by atoms with van der Waals surface area (Å²) in [6, 6.07) is 3.00. The molecule has 0 radical (unpaired) electrons. The van der Waals surface area contributed by atoms with Gasteiger partial charge in [-0.05, 0) is 68.6 Å². The number of ether oxygens (including phenoxy) is 2. The molecule has 3 aliphatic rings. The van der Waals surface area contributed by atoms with E-state index < -0.39 is 73.3 Å². The minimum absolute atomic E-state index is 0.0531. The highest BCUT2D eigenvalue weighted by molar-refractivity contribution is 5.94. The molecule has 10 N–H and O–H groups in total. The Morgan fingerprint density at radius 1 is 1.04 bits per heavy atom. The molecule has 1 aromatic rings. The Hall–Kier alpha value is -3.83. The van der Waals surface area contributed by atoms with Crippen molar-refractivity contribution in [1.29, 1.82) is 0 Å². The number of phenols is 1. The van der Waals surface area contributed by atoms with Crippen molar-refractivity contribution in [2.24, 2.45) is 22.4 Å². The molecule has 0 bridgehead atoms. The first-order valence-corrected chi connectivity index (χ1v) is 18.9. The van der Waals surface area contributed by atoms with Crippen LogP contribution in [0.1, 0.15) is 89.5 Å². The second-order valence-corrected chi connectivity index (χ2v) is 14.5. The number of guanidine groups is 1. The SMILES string of the molecule is CCCCCCCC(=O)NC(Cc1ccc(O)cc1)C(=O)N1C(C(=O)NC(C=O)CCCN=C(N)N)CC2CCC(OC3OC(CO)C(O)C3O)CC21. The fourth-order valence-corrected chi connectivity index (χ4v) is 7.64. The zero-order valence-electron chi connectivity index (χ0n) is 30.6. The van der Waals surface area contributed by atoms with Crippen molar-refractivity contribution in [1.82, 2.24) is 15.5 Å². The molecule has 4 rings (SSSR count). The van der Waals surface area contributed by atoms with Gasteiger partial charge in [0.2, 0.25) is 17.7 Å². The summed E-state index contributed by atoms with van der Waals surface area (Å²) < 4.78 is 11.7. The minimum Gasteiger partial charge on any atom is -0.508 e. The molecule has 3 fully saturated rings. The third-order valence-corrected chi connectivity index (χ3v) is 10.5. The van der Waals surface area contributed by atoms with E-state index in [-0.39, 0.29) is 55.8 Å². The summed E-state index contributed by atoms with van der Waals surface area (Å²) in [5.74, 6) is -1.39. The zero-order chi connectivity index (χ0) is 38.5. The molecule has 1 aliphatic carbocycles. The van der Waals surface area contributed by atoms with Crippen molar-refractivity contribution in [3.63, 3.8) is 0 Å². The fraction of sp³-hybridized carbons (Fsp3) is 0.703. The number of aliphatic hydroxyl groups excluding tert-OH is 3. The van der Waals surface area contributed by atoms with Gasteiger partial charge in [-0.2, -0.15) is 0 Å². The molecule has 53 heavy (non-hydrogen) atoms. The fourth-order valence-electron chi connectivity index (χ4n) is 7.64. The standard InChI is InChI=1S/C37H58N6O10/c1-2-3-4-5-6-9-31(47)42-27(17-22-10-13-25(46)14-11-22)35(51)43-28-19-26(52-36-33(49)32(48)30(21-45)53-36)15-12-23(28)18-29(43)34(50)41-24(20-44)8-7-16-40-37(38)39/h10-11,13-14,20,23-24,26-30,32-33,36,45-46,48-49H,2-9,12,15-19,21H2,1H3,(H,41,50)(H,42,47)(H4,38,39,40). The summed E-state index contributed by atoms with van der Waals surface area (Å²) in [7, 11) is 0. The van der Waals surface area contributed by atoms with E-state index in [9.17, 15) is 39.6 Å². The zero-order valence-corrected chi connectivity index (χ0v) is 30.6. The number of nitrogens with two attached hydrogens (primary N) is 2. The number of aldehydes is 1. The molecule has 16 nitrogen and oxygen atoms in total. The van der Waals surface area contributed by atoms with Crippen molar-refractivity contribution in [3.8, 4) is 5.75 Å². The van der Waals surface area contributed by atoms with E-state index >= 15 is 0 Å². The Morgan fingerprint density at radius 3 is 2.43 bits per heavy atom. The van der Waals surface area contributed by atoms with Gasteiger partial charge in [0.05, 0.1) is 18.8 Å². The maximum Gasteiger partial charge on any atom is 0.246 e. The highest BCUT2D eigenvalue weighted by Gasteiger charge is 2.52. The maximum atomic E-state index is 14.8. The van der Waals surface area contributed by atoms with E-state index in [1.165, 1.54) is 17.0 Å². The largest absolute Gasteiger partial charge is 0.508 e. The average Bonchev–Trinajstić information content (AvgIpc) is 3.65. The maximum absolute atomic E-state index is 14.8. The lowest BCUT2D eigenvalue weighted by atomic mass is 9.83. The minimum atomic E-state index is -1.39. The third kappa shape index (κ3) is 11.8. The van der Waals surface area contributed by atoms with E-state index in [0.717, 1.165) is 25.7 Å². The molecule has 10 unspecified atom stereocenters. The summed E-state index contributed by atoms with van der Waals surface area (Å²) in [4.78, 5) is 59.6. The summed E-state index contributed by atoms with van der Waals surface area (Å²) in [5.41, 5.74) is 11.5. The number of fused-ring (bicyclic) bond motifs is 1. The molecular weight excluding hydrogens is 688 g/mol. The Labute approximate surface area is 310 Å². The van der Waals surface area contributed by atoms with Crippen molar-refractivity contribution >= 4 is 30.0 Å². The van der Waals surface area contributed by atoms with Crippen molar-refractivity contribution < 1.29 is 49.1 Å². The first-order valence-electron chi connectivity index (χ1n) is 18.9. The van der Waals surface area contributed by atoms with Gasteiger partial charge in [-0.15, -0.1) is 0 Å². The van der Waals surface area contributed by atoms with Crippen LogP contribution in [0.25, 0.3) is 0 Å². The highest BCUT2D eigenvalue weighted by atomic mass is 16.7. The van der Waals surface area contributed by atoms with Crippen LogP contribution >= 0.6 is 0 Å². The number of rotatable bonds is 20. The number of aromatic hydroxyl groups is 1. The molecule has 16 heteroatoms. The third-order valence-electron chi connectivity index (χ3n) is 10.5. The Kier molecular flexibility index (Phi) is 16.3. The number of hydrogen-bond acceptors (Lipinski definition) is 11. The van der Waals surface area contributed by atoms with Gasteiger partial charge in [-0.25, -0.2) is 0 Å². The van der Waals surface area contributed by atoms with Gasteiger partial charge in [-0.1, -0.05) is 44.7 Å². The lowest BCUT2D eigenvalue weighted by Crippen LogP contribution is -2.58. The number of aliphatic imine (C=N–C) groups is 1. The van der Waals surface area contributed by atoms with Gasteiger partial charge in [-0.3, -0.25) is 19.4 Å². The van der Waals surface area contributed by atoms with Gasteiger partial charge < -0.3 is 61.7 Å². The number of phenolic OH excluding ortho intramolecular Hbond substituents is 1. The molecular formula is C37H58N6O10. The van der Waals surface area contributed by atoms with Crippen LogP contribution in [0, 0.1) is 5.92 Å². The number of unbranched alkanes of at least 4 members (excludes halogenated alkanes) is 4. The number of carbonyl (C=O) groups is 4. The van der Waals surface area contributed by atoms with Crippen LogP contribution in [0.2, 0.25) is 0 Å². The van der Waals surface area contributed by atoms with Gasteiger partial charge in [0.15, 0.2) is 12.2 Å². The molecule has 0 spiro atoms. The van der Waals surface area contributed by atoms with Gasteiger partial charge in [0.1, 0.15) is 42.4 Å². The summed E-state index contributed by atoms with van der Waals surface area (Å²) in [6.07, 6.45) is 2.64. The average molecular weight is 747 g/mol. The number of carbonyl (C=O) groups excluding carboxylic acids is 4. The Balaban J connectivity index is 1.58. The van der Waals surface area contributed by atoms with Crippen molar-refractivity contribution in [3.05, 3.63) is 29.8 Å². The number of benzene rings is 1. The van der Waals surface area contributed by atoms with E-state index in [1.54, 1.807) is 12.1 Å². The molecule has 296 valence electrons. The number of nitrogens with zero attached hydrogens (tertiary/aromatic N) is 2. The molecule has 1 saturated carbocycles.